The maximum Gasteiger partial charge on any atom is 0.147 e. The molecule has 0 saturated heterocycles. The Morgan fingerprint density at radius 3 is 2.24 bits per heavy atom. The first kappa shape index (κ1) is 15.4. The highest BCUT2D eigenvalue weighted by Gasteiger charge is 2.18. The summed E-state index contributed by atoms with van der Waals surface area (Å²) in [6, 6.07) is 19.4. The molecule has 0 spiro atoms. The van der Waals surface area contributed by atoms with Crippen LogP contribution in [0.1, 0.15) is 17.2 Å². The minimum absolute atomic E-state index is 0.133. The average Bonchev–Trinajstić information content (AvgIpc) is 2.56. The molecule has 0 unspecified atom stereocenters. The van der Waals surface area contributed by atoms with Crippen molar-refractivity contribution >= 4 is 6.08 Å². The molecule has 0 fully saturated rings. The van der Waals surface area contributed by atoms with E-state index in [0.717, 1.165) is 11.1 Å². The molecule has 110 valence electrons. The predicted molar refractivity (Wildman–Crippen MR) is 83.6 cm³/mol. The second-order valence-electron chi connectivity index (χ2n) is 4.66. The van der Waals surface area contributed by atoms with Crippen molar-refractivity contribution in [1.29, 1.82) is 0 Å². The Kier molecular flexibility index (Phi) is 6.16. The van der Waals surface area contributed by atoms with E-state index in [1.165, 1.54) is 0 Å². The van der Waals surface area contributed by atoms with Gasteiger partial charge in [-0.1, -0.05) is 72.8 Å². The number of aliphatic hydroxyl groups is 1. The molecule has 2 atom stereocenters. The Hall–Kier alpha value is -1.94. The number of hydrogen-bond donors (Lipinski definition) is 1. The van der Waals surface area contributed by atoms with Crippen molar-refractivity contribution in [2.45, 2.75) is 12.2 Å². The fourth-order valence-electron chi connectivity index (χ4n) is 2.01. The van der Waals surface area contributed by atoms with E-state index in [1.807, 2.05) is 72.8 Å². The van der Waals surface area contributed by atoms with Crippen molar-refractivity contribution in [3.05, 3.63) is 77.9 Å². The van der Waals surface area contributed by atoms with Gasteiger partial charge in [0, 0.05) is 7.11 Å². The number of ether oxygens (including phenoxy) is 2. The van der Waals surface area contributed by atoms with E-state index < -0.39 is 12.2 Å². The van der Waals surface area contributed by atoms with Gasteiger partial charge in [-0.05, 0) is 11.1 Å². The monoisotopic (exact) mass is 284 g/mol. The molecule has 3 nitrogen and oxygen atoms in total. The standard InChI is InChI=1S/C18H20O3/c1-20-14-21-17(13-12-15-8-4-2-5-9-15)18(19)16-10-6-3-7-11-16/h2-13,17-19H,14H2,1H3/b13-12+/t17-,18+/m0/s1. The molecule has 2 aromatic rings. The summed E-state index contributed by atoms with van der Waals surface area (Å²) in [7, 11) is 1.56. The van der Waals surface area contributed by atoms with Gasteiger partial charge in [0.2, 0.25) is 0 Å². The lowest BCUT2D eigenvalue weighted by Crippen LogP contribution is -2.21. The number of methoxy groups -OCH3 is 1. The van der Waals surface area contributed by atoms with Gasteiger partial charge >= 0.3 is 0 Å². The molecule has 0 amide bonds. The zero-order valence-corrected chi connectivity index (χ0v) is 12.1. The lowest BCUT2D eigenvalue weighted by Gasteiger charge is -2.20. The maximum atomic E-state index is 10.5. The van der Waals surface area contributed by atoms with Crippen LogP contribution >= 0.6 is 0 Å². The molecule has 21 heavy (non-hydrogen) atoms. The van der Waals surface area contributed by atoms with Crippen molar-refractivity contribution in [2.75, 3.05) is 13.9 Å². The van der Waals surface area contributed by atoms with Crippen LogP contribution < -0.4 is 0 Å². The predicted octanol–water partition coefficient (Wildman–Crippen LogP) is 3.42. The summed E-state index contributed by atoms with van der Waals surface area (Å²) in [5.41, 5.74) is 1.88. The third kappa shape index (κ3) is 4.83. The van der Waals surface area contributed by atoms with Gasteiger partial charge in [0.1, 0.15) is 19.0 Å². The highest BCUT2D eigenvalue weighted by Crippen LogP contribution is 2.21. The van der Waals surface area contributed by atoms with Crippen molar-refractivity contribution in [2.24, 2.45) is 0 Å². The normalized spacial score (nSPS) is 14.2. The van der Waals surface area contributed by atoms with Crippen LogP contribution in [0.4, 0.5) is 0 Å². The van der Waals surface area contributed by atoms with Crippen LogP contribution in [0.25, 0.3) is 6.08 Å². The Morgan fingerprint density at radius 1 is 1.00 bits per heavy atom. The second-order valence-corrected chi connectivity index (χ2v) is 4.66. The zero-order valence-electron chi connectivity index (χ0n) is 12.1. The fraction of sp³-hybridized carbons (Fsp3) is 0.222. The van der Waals surface area contributed by atoms with Crippen LogP contribution in [0.5, 0.6) is 0 Å². The van der Waals surface area contributed by atoms with Crippen molar-refractivity contribution in [3.63, 3.8) is 0 Å². The second kappa shape index (κ2) is 8.37. The summed E-state index contributed by atoms with van der Waals surface area (Å²) < 4.78 is 10.5. The van der Waals surface area contributed by atoms with Gasteiger partial charge in [-0.15, -0.1) is 0 Å². The van der Waals surface area contributed by atoms with E-state index >= 15 is 0 Å². The van der Waals surface area contributed by atoms with Crippen LogP contribution in [-0.2, 0) is 9.47 Å². The molecule has 2 rings (SSSR count). The van der Waals surface area contributed by atoms with E-state index in [4.69, 9.17) is 9.47 Å². The molecule has 0 aliphatic carbocycles. The molecular weight excluding hydrogens is 264 g/mol. The summed E-state index contributed by atoms with van der Waals surface area (Å²) in [4.78, 5) is 0. The van der Waals surface area contributed by atoms with Crippen LogP contribution in [0.2, 0.25) is 0 Å². The van der Waals surface area contributed by atoms with Crippen LogP contribution in [-0.4, -0.2) is 25.1 Å². The first-order valence-corrected chi connectivity index (χ1v) is 6.88. The Bertz CT molecular complexity index is 537. The third-order valence-corrected chi connectivity index (χ3v) is 3.11. The Balaban J connectivity index is 2.12. The maximum absolute atomic E-state index is 10.5. The molecular formula is C18H20O3. The largest absolute Gasteiger partial charge is 0.385 e. The number of benzene rings is 2. The fourth-order valence-corrected chi connectivity index (χ4v) is 2.01. The molecule has 0 aliphatic rings. The molecule has 0 bridgehead atoms. The summed E-state index contributed by atoms with van der Waals surface area (Å²) in [5.74, 6) is 0. The van der Waals surface area contributed by atoms with Gasteiger partial charge in [-0.2, -0.15) is 0 Å². The third-order valence-electron chi connectivity index (χ3n) is 3.11. The van der Waals surface area contributed by atoms with Crippen LogP contribution in [0, 0.1) is 0 Å². The molecule has 1 N–H and O–H groups in total. The summed E-state index contributed by atoms with van der Waals surface area (Å²) in [6.07, 6.45) is 2.59. The van der Waals surface area contributed by atoms with Gasteiger partial charge < -0.3 is 14.6 Å². The Labute approximate surface area is 125 Å². The van der Waals surface area contributed by atoms with Gasteiger partial charge in [-0.25, -0.2) is 0 Å². The van der Waals surface area contributed by atoms with E-state index in [2.05, 4.69) is 0 Å². The van der Waals surface area contributed by atoms with Crippen molar-refractivity contribution in [1.82, 2.24) is 0 Å². The molecule has 2 aromatic carbocycles. The summed E-state index contributed by atoms with van der Waals surface area (Å²) >= 11 is 0. The van der Waals surface area contributed by atoms with Gasteiger partial charge in [-0.3, -0.25) is 0 Å². The van der Waals surface area contributed by atoms with E-state index in [-0.39, 0.29) is 6.79 Å². The van der Waals surface area contributed by atoms with Crippen molar-refractivity contribution < 1.29 is 14.6 Å². The van der Waals surface area contributed by atoms with Crippen LogP contribution in [0.3, 0.4) is 0 Å². The number of hydrogen-bond acceptors (Lipinski definition) is 3. The van der Waals surface area contributed by atoms with Gasteiger partial charge in [0.05, 0.1) is 0 Å². The van der Waals surface area contributed by atoms with E-state index in [0.29, 0.717) is 0 Å². The van der Waals surface area contributed by atoms with E-state index in [9.17, 15) is 5.11 Å². The quantitative estimate of drug-likeness (QED) is 0.792. The molecule has 0 aromatic heterocycles. The molecule has 0 saturated carbocycles. The highest BCUT2D eigenvalue weighted by molar-refractivity contribution is 5.49. The van der Waals surface area contributed by atoms with Crippen molar-refractivity contribution in [3.8, 4) is 0 Å². The Morgan fingerprint density at radius 2 is 1.62 bits per heavy atom. The smallest absolute Gasteiger partial charge is 0.147 e. The lowest BCUT2D eigenvalue weighted by atomic mass is 10.0. The lowest BCUT2D eigenvalue weighted by molar-refractivity contribution is -0.0938. The van der Waals surface area contributed by atoms with Crippen LogP contribution in [0.15, 0.2) is 66.7 Å². The summed E-state index contributed by atoms with van der Waals surface area (Å²) in [5, 5.41) is 10.5. The molecule has 0 radical (unpaired) electrons. The van der Waals surface area contributed by atoms with E-state index in [1.54, 1.807) is 7.11 Å². The first-order valence-electron chi connectivity index (χ1n) is 6.88. The number of rotatable bonds is 7. The molecule has 0 heterocycles. The SMILES string of the molecule is COCO[C@@H](/C=C/c1ccccc1)[C@H](O)c1ccccc1. The topological polar surface area (TPSA) is 38.7 Å². The summed E-state index contributed by atoms with van der Waals surface area (Å²) in [6.45, 7) is 0.133. The highest BCUT2D eigenvalue weighted by atomic mass is 16.7. The average molecular weight is 284 g/mol. The zero-order chi connectivity index (χ0) is 14.9. The molecule has 3 heteroatoms. The minimum atomic E-state index is -0.735. The van der Waals surface area contributed by atoms with Gasteiger partial charge in [0.15, 0.2) is 0 Å². The first-order chi connectivity index (χ1) is 10.3. The minimum Gasteiger partial charge on any atom is -0.385 e. The molecule has 0 aliphatic heterocycles. The van der Waals surface area contributed by atoms with Gasteiger partial charge in [0.25, 0.3) is 0 Å². The number of aliphatic hydroxyl groups excluding tert-OH is 1.